The highest BCUT2D eigenvalue weighted by Gasteiger charge is 2.53. The number of pyridine rings is 2. The molecule has 0 saturated heterocycles. The van der Waals surface area contributed by atoms with Crippen LogP contribution in [0.15, 0.2) is 48.8 Å². The number of rotatable bonds is 4. The summed E-state index contributed by atoms with van der Waals surface area (Å²) in [7, 11) is 0. The van der Waals surface area contributed by atoms with Crippen molar-refractivity contribution >= 4 is 11.9 Å². The van der Waals surface area contributed by atoms with Crippen LogP contribution in [0.25, 0.3) is 0 Å². The number of fused-ring (bicyclic) bond motifs is 5. The molecule has 3 fully saturated rings. The number of esters is 2. The van der Waals surface area contributed by atoms with E-state index in [2.05, 4.69) is 9.97 Å². The largest absolute Gasteiger partial charge is 0.454 e. The van der Waals surface area contributed by atoms with E-state index in [1.54, 1.807) is 48.8 Å². The minimum Gasteiger partial charge on any atom is -0.454 e. The van der Waals surface area contributed by atoms with Crippen molar-refractivity contribution in [1.82, 2.24) is 9.97 Å². The van der Waals surface area contributed by atoms with Crippen molar-refractivity contribution < 1.29 is 19.1 Å². The van der Waals surface area contributed by atoms with Crippen LogP contribution in [0.3, 0.4) is 0 Å². The van der Waals surface area contributed by atoms with E-state index >= 15 is 0 Å². The Morgan fingerprint density at radius 3 is 1.62 bits per heavy atom. The van der Waals surface area contributed by atoms with Crippen molar-refractivity contribution in [3.8, 4) is 0 Å². The minimum absolute atomic E-state index is 0.275. The molecule has 6 heteroatoms. The van der Waals surface area contributed by atoms with Gasteiger partial charge in [-0.2, -0.15) is 0 Å². The van der Waals surface area contributed by atoms with Crippen LogP contribution in [-0.2, 0) is 9.47 Å². The molecule has 150 valence electrons. The highest BCUT2D eigenvalue weighted by Crippen LogP contribution is 2.58. The molecule has 3 saturated carbocycles. The first kappa shape index (κ1) is 18.3. The average molecular weight is 392 g/mol. The first-order valence-corrected chi connectivity index (χ1v) is 10.4. The summed E-state index contributed by atoms with van der Waals surface area (Å²) in [4.78, 5) is 33.4. The van der Waals surface area contributed by atoms with Gasteiger partial charge in [0.2, 0.25) is 0 Å². The number of ether oxygens (including phenoxy) is 2. The molecule has 0 spiro atoms. The van der Waals surface area contributed by atoms with Crippen molar-refractivity contribution in [2.75, 3.05) is 0 Å². The molecule has 2 aromatic heterocycles. The SMILES string of the molecule is O=C(OC1CC2C3CCC(C3)C2CC1OC(=O)c1ccccn1)c1ccccn1. The zero-order valence-corrected chi connectivity index (χ0v) is 16.1. The van der Waals surface area contributed by atoms with E-state index in [1.807, 2.05) is 0 Å². The van der Waals surface area contributed by atoms with Gasteiger partial charge in [-0.15, -0.1) is 0 Å². The third-order valence-electron chi connectivity index (χ3n) is 6.96. The molecule has 6 unspecified atom stereocenters. The minimum atomic E-state index is -0.462. The molecular formula is C23H24N2O4. The van der Waals surface area contributed by atoms with Gasteiger partial charge in [-0.1, -0.05) is 12.1 Å². The van der Waals surface area contributed by atoms with Crippen molar-refractivity contribution in [1.29, 1.82) is 0 Å². The van der Waals surface area contributed by atoms with Gasteiger partial charge in [0.15, 0.2) is 0 Å². The zero-order chi connectivity index (χ0) is 19.8. The molecule has 2 aromatic rings. The second kappa shape index (κ2) is 7.58. The molecule has 0 radical (unpaired) electrons. The maximum atomic E-state index is 12.6. The smallest absolute Gasteiger partial charge is 0.357 e. The van der Waals surface area contributed by atoms with Crippen LogP contribution in [0, 0.1) is 23.7 Å². The predicted octanol–water partition coefficient (Wildman–Crippen LogP) is 3.68. The Morgan fingerprint density at radius 1 is 0.724 bits per heavy atom. The topological polar surface area (TPSA) is 78.4 Å². The van der Waals surface area contributed by atoms with Crippen molar-refractivity contribution in [3.63, 3.8) is 0 Å². The lowest BCUT2D eigenvalue weighted by Gasteiger charge is -2.42. The maximum Gasteiger partial charge on any atom is 0.357 e. The Balaban J connectivity index is 1.35. The predicted molar refractivity (Wildman–Crippen MR) is 104 cm³/mol. The van der Waals surface area contributed by atoms with Gasteiger partial charge in [0, 0.05) is 12.4 Å². The fraction of sp³-hybridized carbons (Fsp3) is 0.478. The van der Waals surface area contributed by atoms with Gasteiger partial charge < -0.3 is 9.47 Å². The van der Waals surface area contributed by atoms with E-state index in [4.69, 9.17) is 9.47 Å². The first-order valence-electron chi connectivity index (χ1n) is 10.4. The van der Waals surface area contributed by atoms with Crippen molar-refractivity contribution in [2.45, 2.75) is 44.3 Å². The quantitative estimate of drug-likeness (QED) is 0.739. The van der Waals surface area contributed by atoms with Gasteiger partial charge in [-0.25, -0.2) is 19.6 Å². The molecule has 29 heavy (non-hydrogen) atoms. The molecule has 0 amide bonds. The summed E-state index contributed by atoms with van der Waals surface area (Å²) < 4.78 is 11.7. The van der Waals surface area contributed by atoms with Crippen LogP contribution in [0.2, 0.25) is 0 Å². The summed E-state index contributed by atoms with van der Waals surface area (Å²) >= 11 is 0. The van der Waals surface area contributed by atoms with Crippen LogP contribution in [0.5, 0.6) is 0 Å². The third-order valence-corrected chi connectivity index (χ3v) is 6.96. The van der Waals surface area contributed by atoms with Gasteiger partial charge in [0.1, 0.15) is 23.6 Å². The van der Waals surface area contributed by atoms with Crippen molar-refractivity contribution in [3.05, 3.63) is 60.2 Å². The first-order chi connectivity index (χ1) is 14.2. The second-order valence-corrected chi connectivity index (χ2v) is 8.45. The van der Waals surface area contributed by atoms with E-state index in [0.29, 0.717) is 23.7 Å². The fourth-order valence-electron chi connectivity index (χ4n) is 5.71. The number of hydrogen-bond donors (Lipinski definition) is 0. The monoisotopic (exact) mass is 392 g/mol. The maximum absolute atomic E-state index is 12.6. The average Bonchev–Trinajstić information content (AvgIpc) is 3.37. The van der Waals surface area contributed by atoms with Gasteiger partial charge in [0.25, 0.3) is 0 Å². The van der Waals surface area contributed by atoms with Crippen LogP contribution >= 0.6 is 0 Å². The Kier molecular flexibility index (Phi) is 4.78. The van der Waals surface area contributed by atoms with Gasteiger partial charge in [-0.3, -0.25) is 0 Å². The van der Waals surface area contributed by atoms with Gasteiger partial charge >= 0.3 is 11.9 Å². The second-order valence-electron chi connectivity index (χ2n) is 8.45. The Hall–Kier alpha value is -2.76. The number of aromatic nitrogens is 2. The summed E-state index contributed by atoms with van der Waals surface area (Å²) in [6.07, 6.45) is 7.56. The normalized spacial score (nSPS) is 32.4. The zero-order valence-electron chi connectivity index (χ0n) is 16.1. The molecule has 3 aliphatic carbocycles. The number of hydrogen-bond acceptors (Lipinski definition) is 6. The number of nitrogens with zero attached hydrogens (tertiary/aromatic N) is 2. The number of carbonyl (C=O) groups is 2. The standard InChI is InChI=1S/C23H24N2O4/c26-22(18-5-1-3-9-24-18)28-20-12-16-14-7-8-15(11-14)17(16)13-21(20)29-23(27)19-6-2-4-10-25-19/h1-6,9-10,14-17,20-21H,7-8,11-13H2. The highest BCUT2D eigenvalue weighted by atomic mass is 16.6. The van der Waals surface area contributed by atoms with Gasteiger partial charge in [-0.05, 0) is 80.0 Å². The van der Waals surface area contributed by atoms with Crippen molar-refractivity contribution in [2.24, 2.45) is 23.7 Å². The lowest BCUT2D eigenvalue weighted by Crippen LogP contribution is -2.46. The highest BCUT2D eigenvalue weighted by molar-refractivity contribution is 5.88. The number of carbonyl (C=O) groups excluding carboxylic acids is 2. The molecule has 6 atom stereocenters. The molecule has 0 N–H and O–H groups in total. The molecule has 5 rings (SSSR count). The molecule has 0 aromatic carbocycles. The lowest BCUT2D eigenvalue weighted by molar-refractivity contribution is -0.0826. The van der Waals surface area contributed by atoms with E-state index in [-0.39, 0.29) is 11.4 Å². The summed E-state index contributed by atoms with van der Waals surface area (Å²) in [6, 6.07) is 10.3. The summed E-state index contributed by atoms with van der Waals surface area (Å²) in [5.74, 6) is 1.62. The lowest BCUT2D eigenvalue weighted by atomic mass is 9.69. The van der Waals surface area contributed by atoms with Crippen LogP contribution < -0.4 is 0 Å². The summed E-state index contributed by atoms with van der Waals surface area (Å²) in [5, 5.41) is 0. The van der Waals surface area contributed by atoms with Crippen LogP contribution in [0.1, 0.15) is 53.1 Å². The van der Waals surface area contributed by atoms with E-state index < -0.39 is 24.1 Å². The fourth-order valence-corrected chi connectivity index (χ4v) is 5.71. The summed E-state index contributed by atoms with van der Waals surface area (Å²) in [5.41, 5.74) is 0.551. The van der Waals surface area contributed by atoms with E-state index in [0.717, 1.165) is 12.8 Å². The summed E-state index contributed by atoms with van der Waals surface area (Å²) in [6.45, 7) is 0. The van der Waals surface area contributed by atoms with Crippen LogP contribution in [0.4, 0.5) is 0 Å². The molecule has 0 aliphatic heterocycles. The Bertz CT molecular complexity index is 815. The van der Waals surface area contributed by atoms with Crippen LogP contribution in [-0.4, -0.2) is 34.1 Å². The van der Waals surface area contributed by atoms with Gasteiger partial charge in [0.05, 0.1) is 0 Å². The molecule has 6 nitrogen and oxygen atoms in total. The molecular weight excluding hydrogens is 368 g/mol. The molecule has 3 aliphatic rings. The van der Waals surface area contributed by atoms with E-state index in [1.165, 1.54) is 19.3 Å². The molecule has 2 heterocycles. The van der Waals surface area contributed by atoms with E-state index in [9.17, 15) is 9.59 Å². The third kappa shape index (κ3) is 3.52. The molecule has 2 bridgehead atoms. The Labute approximate surface area is 169 Å². The Morgan fingerprint density at radius 2 is 1.21 bits per heavy atom.